The maximum atomic E-state index is 3.62. The fraction of sp³-hybridized carbons (Fsp3) is 0.636. The van der Waals surface area contributed by atoms with E-state index in [1.54, 1.807) is 0 Å². The first-order valence-corrected chi connectivity index (χ1v) is 5.97. The highest BCUT2D eigenvalue weighted by atomic mass is 35.5. The highest BCUT2D eigenvalue weighted by Crippen LogP contribution is 2.28. The molecule has 0 aromatic carbocycles. The topological polar surface area (TPSA) is 12.0 Å². The summed E-state index contributed by atoms with van der Waals surface area (Å²) in [6, 6.07) is 5.15. The summed E-state index contributed by atoms with van der Waals surface area (Å²) in [5.41, 5.74) is 0. The summed E-state index contributed by atoms with van der Waals surface area (Å²) in [5, 5.41) is 3.62. The van der Waals surface area contributed by atoms with Crippen LogP contribution in [0.2, 0.25) is 0 Å². The number of halogens is 1. The van der Waals surface area contributed by atoms with Crippen molar-refractivity contribution in [1.82, 2.24) is 5.32 Å². The third-order valence-corrected chi connectivity index (χ3v) is 3.78. The van der Waals surface area contributed by atoms with E-state index in [1.165, 1.54) is 42.0 Å². The summed E-state index contributed by atoms with van der Waals surface area (Å²) in [4.78, 5) is 2.96. The molecule has 2 rings (SSSR count). The molecule has 0 spiro atoms. The second-order valence-corrected chi connectivity index (χ2v) is 5.12. The summed E-state index contributed by atoms with van der Waals surface area (Å²) in [7, 11) is 0. The van der Waals surface area contributed by atoms with Gasteiger partial charge in [0.1, 0.15) is 0 Å². The molecular formula is C11H18ClNS. The zero-order valence-electron chi connectivity index (χ0n) is 8.58. The van der Waals surface area contributed by atoms with Crippen molar-refractivity contribution in [3.63, 3.8) is 0 Å². The Morgan fingerprint density at radius 3 is 2.86 bits per heavy atom. The van der Waals surface area contributed by atoms with Crippen molar-refractivity contribution in [3.05, 3.63) is 21.9 Å². The predicted octanol–water partition coefficient (Wildman–Crippen LogP) is 3.68. The van der Waals surface area contributed by atoms with Crippen molar-refractivity contribution in [2.24, 2.45) is 0 Å². The van der Waals surface area contributed by atoms with Crippen LogP contribution in [0, 0.1) is 6.92 Å². The highest BCUT2D eigenvalue weighted by molar-refractivity contribution is 7.12. The molecule has 0 aliphatic carbocycles. The molecule has 0 radical (unpaired) electrons. The number of hydrogen-bond acceptors (Lipinski definition) is 2. The van der Waals surface area contributed by atoms with Crippen LogP contribution in [0.15, 0.2) is 12.1 Å². The fourth-order valence-corrected chi connectivity index (χ4v) is 2.90. The molecule has 1 atom stereocenters. The zero-order valence-corrected chi connectivity index (χ0v) is 10.2. The van der Waals surface area contributed by atoms with Gasteiger partial charge in [-0.05, 0) is 38.4 Å². The summed E-state index contributed by atoms with van der Waals surface area (Å²) >= 11 is 1.94. The lowest BCUT2D eigenvalue weighted by molar-refractivity contribution is 0.543. The molecule has 80 valence electrons. The molecule has 1 fully saturated rings. The number of thiophene rings is 1. The Morgan fingerprint density at radius 1 is 1.29 bits per heavy atom. The number of rotatable bonds is 1. The van der Waals surface area contributed by atoms with Crippen LogP contribution in [0.25, 0.3) is 0 Å². The molecule has 1 aromatic rings. The van der Waals surface area contributed by atoms with Crippen molar-refractivity contribution < 1.29 is 0 Å². The average Bonchev–Trinajstić information content (AvgIpc) is 2.43. The molecule has 1 nitrogen and oxygen atoms in total. The Bertz CT molecular complexity index is 264. The Kier molecular flexibility index (Phi) is 4.93. The van der Waals surface area contributed by atoms with E-state index in [0.717, 1.165) is 0 Å². The molecule has 3 heteroatoms. The smallest absolute Gasteiger partial charge is 0.0414 e. The van der Waals surface area contributed by atoms with E-state index in [0.29, 0.717) is 6.04 Å². The van der Waals surface area contributed by atoms with Gasteiger partial charge in [-0.2, -0.15) is 0 Å². The molecule has 1 aliphatic heterocycles. The molecule has 14 heavy (non-hydrogen) atoms. The van der Waals surface area contributed by atoms with Crippen molar-refractivity contribution in [2.75, 3.05) is 6.54 Å². The SMILES string of the molecule is Cc1ccc(C2CCCCCN2)s1.Cl. The Labute approximate surface area is 96.3 Å². The standard InChI is InChI=1S/C11H17NS.ClH/c1-9-6-7-11(13-9)10-5-3-2-4-8-12-10;/h6-7,10,12H,2-5,8H2,1H3;1H. The van der Waals surface area contributed by atoms with Gasteiger partial charge in [-0.1, -0.05) is 12.8 Å². The van der Waals surface area contributed by atoms with Crippen molar-refractivity contribution >= 4 is 23.7 Å². The van der Waals surface area contributed by atoms with Crippen LogP contribution in [-0.2, 0) is 0 Å². The van der Waals surface area contributed by atoms with E-state index in [1.807, 2.05) is 11.3 Å². The van der Waals surface area contributed by atoms with E-state index in [2.05, 4.69) is 24.4 Å². The van der Waals surface area contributed by atoms with Crippen LogP contribution in [-0.4, -0.2) is 6.54 Å². The molecule has 0 amide bonds. The van der Waals surface area contributed by atoms with Gasteiger partial charge in [-0.15, -0.1) is 23.7 Å². The van der Waals surface area contributed by atoms with Gasteiger partial charge in [0.05, 0.1) is 0 Å². The van der Waals surface area contributed by atoms with Gasteiger partial charge in [0.15, 0.2) is 0 Å². The number of aryl methyl sites for hydroxylation is 1. The first kappa shape index (κ1) is 12.0. The Hall–Kier alpha value is -0.0500. The van der Waals surface area contributed by atoms with Crippen LogP contribution >= 0.6 is 23.7 Å². The first-order chi connectivity index (χ1) is 6.36. The largest absolute Gasteiger partial charge is 0.309 e. The predicted molar refractivity (Wildman–Crippen MR) is 65.5 cm³/mol. The second kappa shape index (κ2) is 5.74. The number of nitrogens with one attached hydrogen (secondary N) is 1. The van der Waals surface area contributed by atoms with Gasteiger partial charge in [0, 0.05) is 15.8 Å². The summed E-state index contributed by atoms with van der Waals surface area (Å²) in [6.45, 7) is 3.38. The summed E-state index contributed by atoms with van der Waals surface area (Å²) in [6.07, 6.45) is 5.45. The first-order valence-electron chi connectivity index (χ1n) is 5.16. The molecular weight excluding hydrogens is 214 g/mol. The third-order valence-electron chi connectivity index (χ3n) is 2.66. The molecule has 1 saturated heterocycles. The van der Waals surface area contributed by atoms with Gasteiger partial charge >= 0.3 is 0 Å². The van der Waals surface area contributed by atoms with Gasteiger partial charge in [0.25, 0.3) is 0 Å². The van der Waals surface area contributed by atoms with E-state index < -0.39 is 0 Å². The third kappa shape index (κ3) is 2.97. The maximum Gasteiger partial charge on any atom is 0.0414 e. The van der Waals surface area contributed by atoms with Crippen molar-refractivity contribution in [2.45, 2.75) is 38.6 Å². The molecule has 0 bridgehead atoms. The van der Waals surface area contributed by atoms with Gasteiger partial charge < -0.3 is 5.32 Å². The molecule has 0 saturated carbocycles. The van der Waals surface area contributed by atoms with Crippen LogP contribution in [0.1, 0.15) is 41.5 Å². The normalized spacial score (nSPS) is 22.5. The minimum atomic E-state index is 0. The van der Waals surface area contributed by atoms with Gasteiger partial charge in [-0.25, -0.2) is 0 Å². The van der Waals surface area contributed by atoms with E-state index in [-0.39, 0.29) is 12.4 Å². The molecule has 1 N–H and O–H groups in total. The Balaban J connectivity index is 0.000000980. The van der Waals surface area contributed by atoms with Crippen LogP contribution in [0.4, 0.5) is 0 Å². The lowest BCUT2D eigenvalue weighted by Gasteiger charge is -2.13. The molecule has 2 heterocycles. The van der Waals surface area contributed by atoms with Crippen molar-refractivity contribution in [3.8, 4) is 0 Å². The van der Waals surface area contributed by atoms with Gasteiger partial charge in [-0.3, -0.25) is 0 Å². The quantitative estimate of drug-likeness (QED) is 0.778. The van der Waals surface area contributed by atoms with E-state index >= 15 is 0 Å². The average molecular weight is 232 g/mol. The van der Waals surface area contributed by atoms with Crippen LogP contribution in [0.5, 0.6) is 0 Å². The molecule has 1 aromatic heterocycles. The number of hydrogen-bond donors (Lipinski definition) is 1. The Morgan fingerprint density at radius 2 is 2.14 bits per heavy atom. The fourth-order valence-electron chi connectivity index (χ4n) is 1.91. The zero-order chi connectivity index (χ0) is 9.10. The highest BCUT2D eigenvalue weighted by Gasteiger charge is 2.14. The lowest BCUT2D eigenvalue weighted by Crippen LogP contribution is -2.19. The monoisotopic (exact) mass is 231 g/mol. The van der Waals surface area contributed by atoms with Crippen LogP contribution in [0.3, 0.4) is 0 Å². The molecule has 1 unspecified atom stereocenters. The summed E-state index contributed by atoms with van der Waals surface area (Å²) < 4.78 is 0. The second-order valence-electron chi connectivity index (χ2n) is 3.80. The maximum absolute atomic E-state index is 3.62. The van der Waals surface area contributed by atoms with Gasteiger partial charge in [0.2, 0.25) is 0 Å². The van der Waals surface area contributed by atoms with E-state index in [9.17, 15) is 0 Å². The minimum absolute atomic E-state index is 0. The lowest BCUT2D eigenvalue weighted by atomic mass is 10.1. The summed E-state index contributed by atoms with van der Waals surface area (Å²) in [5.74, 6) is 0. The minimum Gasteiger partial charge on any atom is -0.309 e. The van der Waals surface area contributed by atoms with Crippen LogP contribution < -0.4 is 5.32 Å². The molecule has 1 aliphatic rings. The van der Waals surface area contributed by atoms with E-state index in [4.69, 9.17) is 0 Å². The van der Waals surface area contributed by atoms with Crippen molar-refractivity contribution in [1.29, 1.82) is 0 Å².